The van der Waals surface area contributed by atoms with Crippen molar-refractivity contribution < 1.29 is 13.3 Å². The van der Waals surface area contributed by atoms with Gasteiger partial charge in [-0.1, -0.05) is 0 Å². The normalized spacial score (nSPS) is 13.4. The second kappa shape index (κ2) is 5.89. The van der Waals surface area contributed by atoms with Crippen molar-refractivity contribution in [1.82, 2.24) is 0 Å². The molecular weight excluding hydrogens is 244 g/mol. The molecule has 0 aromatic carbocycles. The lowest BCUT2D eigenvalue weighted by atomic mass is 10.5. The minimum absolute atomic E-state index is 0.617. The third kappa shape index (κ3) is 5.56. The van der Waals surface area contributed by atoms with Crippen LogP contribution in [0.1, 0.15) is 6.42 Å². The first-order valence-electron chi connectivity index (χ1n) is 3.72. The molecule has 0 saturated heterocycles. The van der Waals surface area contributed by atoms with E-state index in [1.54, 1.807) is 21.3 Å². The molecular formula is C6H16O3S3Si. The van der Waals surface area contributed by atoms with E-state index < -0.39 is 12.2 Å². The molecule has 0 saturated carbocycles. The molecule has 0 aromatic heterocycles. The smallest absolute Gasteiger partial charge is 0.377 e. The highest BCUT2D eigenvalue weighted by Crippen LogP contribution is 2.32. The summed E-state index contributed by atoms with van der Waals surface area (Å²) in [6, 6.07) is 0.646. The van der Waals surface area contributed by atoms with Gasteiger partial charge < -0.3 is 13.3 Å². The van der Waals surface area contributed by atoms with Crippen LogP contribution in [0, 0.1) is 0 Å². The van der Waals surface area contributed by atoms with Gasteiger partial charge in [0.25, 0.3) is 0 Å². The lowest BCUT2D eigenvalue weighted by Gasteiger charge is -2.26. The van der Waals surface area contributed by atoms with Crippen LogP contribution >= 0.6 is 37.9 Å². The SMILES string of the molecule is CO[Si](CCC(S)(S)S)(OC)OC. The fraction of sp³-hybridized carbons (Fsp3) is 1.00. The van der Waals surface area contributed by atoms with E-state index in [9.17, 15) is 0 Å². The summed E-state index contributed by atoms with van der Waals surface area (Å²) in [6.45, 7) is 0. The Labute approximate surface area is 97.1 Å². The van der Waals surface area contributed by atoms with Crippen LogP contribution in [0.3, 0.4) is 0 Å². The van der Waals surface area contributed by atoms with Crippen molar-refractivity contribution in [1.29, 1.82) is 0 Å². The van der Waals surface area contributed by atoms with Crippen molar-refractivity contribution >= 4 is 46.7 Å². The summed E-state index contributed by atoms with van der Waals surface area (Å²) in [4.78, 5) is 0. The lowest BCUT2D eigenvalue weighted by Crippen LogP contribution is -2.43. The molecule has 0 amide bonds. The van der Waals surface area contributed by atoms with Gasteiger partial charge >= 0.3 is 8.80 Å². The number of thiol groups is 3. The van der Waals surface area contributed by atoms with Gasteiger partial charge in [-0.3, -0.25) is 0 Å². The summed E-state index contributed by atoms with van der Waals surface area (Å²) >= 11 is 12.5. The molecule has 0 aliphatic heterocycles. The number of rotatable bonds is 6. The quantitative estimate of drug-likeness (QED) is 0.385. The van der Waals surface area contributed by atoms with Gasteiger partial charge in [0.2, 0.25) is 0 Å². The molecule has 0 heterocycles. The lowest BCUT2D eigenvalue weighted by molar-refractivity contribution is 0.123. The van der Waals surface area contributed by atoms with Crippen LogP contribution in [0.25, 0.3) is 0 Å². The predicted octanol–water partition coefficient (Wildman–Crippen LogP) is 1.70. The Bertz CT molecular complexity index is 138. The van der Waals surface area contributed by atoms with Crippen molar-refractivity contribution in [3.8, 4) is 0 Å². The van der Waals surface area contributed by atoms with Crippen LogP contribution in [0.4, 0.5) is 0 Å². The first-order chi connectivity index (χ1) is 5.89. The Morgan fingerprint density at radius 1 is 1.00 bits per heavy atom. The highest BCUT2D eigenvalue weighted by atomic mass is 32.2. The molecule has 13 heavy (non-hydrogen) atoms. The predicted molar refractivity (Wildman–Crippen MR) is 65.9 cm³/mol. The minimum atomic E-state index is -2.47. The van der Waals surface area contributed by atoms with Crippen molar-refractivity contribution in [3.05, 3.63) is 0 Å². The molecule has 0 radical (unpaired) electrons. The second-order valence-electron chi connectivity index (χ2n) is 2.57. The first kappa shape index (κ1) is 14.1. The average Bonchev–Trinajstić information content (AvgIpc) is 2.06. The largest absolute Gasteiger partial charge is 0.500 e. The number of hydrogen-bond acceptors (Lipinski definition) is 6. The molecule has 0 atom stereocenters. The summed E-state index contributed by atoms with van der Waals surface area (Å²) < 4.78 is 15.1. The fourth-order valence-electron chi connectivity index (χ4n) is 0.877. The third-order valence-electron chi connectivity index (χ3n) is 1.70. The molecule has 3 nitrogen and oxygen atoms in total. The van der Waals surface area contributed by atoms with E-state index in [1.807, 2.05) is 0 Å². The van der Waals surface area contributed by atoms with E-state index in [4.69, 9.17) is 13.3 Å². The van der Waals surface area contributed by atoms with Crippen LogP contribution in [0.15, 0.2) is 0 Å². The Balaban J connectivity index is 4.11. The molecule has 0 rings (SSSR count). The first-order valence-corrected chi connectivity index (χ1v) is 6.99. The zero-order valence-electron chi connectivity index (χ0n) is 7.98. The molecule has 0 aromatic rings. The van der Waals surface area contributed by atoms with E-state index in [1.165, 1.54) is 0 Å². The monoisotopic (exact) mass is 260 g/mol. The van der Waals surface area contributed by atoms with Crippen molar-refractivity contribution in [2.24, 2.45) is 0 Å². The van der Waals surface area contributed by atoms with Crippen LogP contribution in [-0.4, -0.2) is 33.5 Å². The zero-order chi connectivity index (χ0) is 10.5. The maximum Gasteiger partial charge on any atom is 0.500 e. The minimum Gasteiger partial charge on any atom is -0.377 e. The highest BCUT2D eigenvalue weighted by molar-refractivity contribution is 8.16. The van der Waals surface area contributed by atoms with Gasteiger partial charge in [0.1, 0.15) is 0 Å². The Hall–Kier alpha value is 1.15. The molecule has 0 unspecified atom stereocenters. The van der Waals surface area contributed by atoms with Gasteiger partial charge in [0.15, 0.2) is 0 Å². The standard InChI is InChI=1S/C6H16O3S3Si/c1-7-13(8-2,9-3)5-4-6(10,11)12/h10-12H,4-5H2,1-3H3. The topological polar surface area (TPSA) is 27.7 Å². The van der Waals surface area contributed by atoms with E-state index in [2.05, 4.69) is 37.9 Å². The van der Waals surface area contributed by atoms with E-state index in [-0.39, 0.29) is 0 Å². The summed E-state index contributed by atoms with van der Waals surface area (Å²) in [7, 11) is 2.27. The van der Waals surface area contributed by atoms with Gasteiger partial charge in [0.05, 0.1) is 3.41 Å². The maximum atomic E-state index is 5.22. The molecule has 0 aliphatic carbocycles. The summed E-state index contributed by atoms with van der Waals surface area (Å²) in [5.74, 6) is 0. The Morgan fingerprint density at radius 2 is 1.38 bits per heavy atom. The molecule has 80 valence electrons. The molecule has 0 spiro atoms. The van der Waals surface area contributed by atoms with Crippen molar-refractivity contribution in [2.75, 3.05) is 21.3 Å². The van der Waals surface area contributed by atoms with Gasteiger partial charge in [-0.15, -0.1) is 0 Å². The summed E-state index contributed by atoms with van der Waals surface area (Å²) in [5.41, 5.74) is 0. The van der Waals surface area contributed by atoms with Gasteiger partial charge in [0, 0.05) is 27.4 Å². The third-order valence-corrected chi connectivity index (χ3v) is 5.10. The Morgan fingerprint density at radius 3 is 1.62 bits per heavy atom. The Kier molecular flexibility index (Phi) is 6.41. The second-order valence-corrected chi connectivity index (χ2v) is 9.01. The van der Waals surface area contributed by atoms with Crippen molar-refractivity contribution in [3.63, 3.8) is 0 Å². The van der Waals surface area contributed by atoms with Crippen LogP contribution < -0.4 is 0 Å². The van der Waals surface area contributed by atoms with Crippen LogP contribution in [-0.2, 0) is 13.3 Å². The van der Waals surface area contributed by atoms with Crippen molar-refractivity contribution in [2.45, 2.75) is 15.9 Å². The summed E-state index contributed by atoms with van der Waals surface area (Å²) in [5, 5.41) is 0. The van der Waals surface area contributed by atoms with E-state index >= 15 is 0 Å². The zero-order valence-corrected chi connectivity index (χ0v) is 11.7. The molecule has 0 fully saturated rings. The fourth-order valence-corrected chi connectivity index (χ4v) is 3.64. The molecule has 0 aliphatic rings. The van der Waals surface area contributed by atoms with Crippen LogP contribution in [0.2, 0.25) is 6.04 Å². The van der Waals surface area contributed by atoms with Crippen LogP contribution in [0.5, 0.6) is 0 Å². The summed E-state index contributed by atoms with van der Waals surface area (Å²) in [6.07, 6.45) is 0.643. The molecule has 0 N–H and O–H groups in total. The highest BCUT2D eigenvalue weighted by Gasteiger charge is 2.39. The van der Waals surface area contributed by atoms with E-state index in [0.29, 0.717) is 12.5 Å². The maximum absolute atomic E-state index is 5.22. The van der Waals surface area contributed by atoms with Gasteiger partial charge in [-0.2, -0.15) is 37.9 Å². The van der Waals surface area contributed by atoms with Gasteiger partial charge in [-0.05, 0) is 6.42 Å². The van der Waals surface area contributed by atoms with E-state index in [0.717, 1.165) is 0 Å². The average molecular weight is 260 g/mol. The number of hydrogen-bond donors (Lipinski definition) is 3. The van der Waals surface area contributed by atoms with Gasteiger partial charge in [-0.25, -0.2) is 0 Å². The molecule has 0 bridgehead atoms. The molecule has 7 heteroatoms.